The smallest absolute Gasteiger partial charge is 0.229 e. The van der Waals surface area contributed by atoms with Crippen molar-refractivity contribution in [2.24, 2.45) is 5.92 Å². The number of para-hydroxylation sites is 1. The van der Waals surface area contributed by atoms with Crippen molar-refractivity contribution in [3.8, 4) is 0 Å². The topological polar surface area (TPSA) is 64.7 Å². The molecule has 1 saturated heterocycles. The van der Waals surface area contributed by atoms with E-state index in [2.05, 4.69) is 15.5 Å². The molecule has 1 aliphatic heterocycles. The molecule has 2 aromatic carbocycles. The van der Waals surface area contributed by atoms with Crippen molar-refractivity contribution in [1.82, 2.24) is 9.80 Å². The van der Waals surface area contributed by atoms with Crippen LogP contribution >= 0.6 is 0 Å². The fraction of sp³-hybridized carbons (Fsp3) is 0.364. The summed E-state index contributed by atoms with van der Waals surface area (Å²) in [6.45, 7) is 2.15. The van der Waals surface area contributed by atoms with Gasteiger partial charge in [0.15, 0.2) is 0 Å². The second-order valence-corrected chi connectivity index (χ2v) is 7.46. The molecule has 0 radical (unpaired) electrons. The molecule has 2 aromatic rings. The van der Waals surface area contributed by atoms with Gasteiger partial charge in [0, 0.05) is 36.6 Å². The van der Waals surface area contributed by atoms with E-state index in [1.165, 1.54) is 0 Å². The molecule has 0 saturated carbocycles. The van der Waals surface area contributed by atoms with Gasteiger partial charge in [0.25, 0.3) is 0 Å². The zero-order valence-corrected chi connectivity index (χ0v) is 16.5. The molecular formula is C22H28N4O2. The summed E-state index contributed by atoms with van der Waals surface area (Å²) in [7, 11) is 4.03. The van der Waals surface area contributed by atoms with E-state index in [-0.39, 0.29) is 17.7 Å². The molecule has 1 aliphatic rings. The Morgan fingerprint density at radius 2 is 1.68 bits per heavy atom. The second-order valence-electron chi connectivity index (χ2n) is 7.46. The van der Waals surface area contributed by atoms with Crippen molar-refractivity contribution < 1.29 is 9.59 Å². The molecule has 1 heterocycles. The number of carbonyl (C=O) groups excluding carboxylic acids is 2. The highest BCUT2D eigenvalue weighted by atomic mass is 16.2. The van der Waals surface area contributed by atoms with E-state index >= 15 is 0 Å². The van der Waals surface area contributed by atoms with Crippen LogP contribution < -0.4 is 10.6 Å². The third kappa shape index (κ3) is 5.57. The number of likely N-dealkylation sites (tertiary alicyclic amines) is 1. The quantitative estimate of drug-likeness (QED) is 0.738. The number of rotatable bonds is 8. The fourth-order valence-corrected chi connectivity index (χ4v) is 3.31. The summed E-state index contributed by atoms with van der Waals surface area (Å²) in [5.41, 5.74) is 2.70. The zero-order valence-electron chi connectivity index (χ0n) is 16.5. The van der Waals surface area contributed by atoms with Gasteiger partial charge in [0.2, 0.25) is 11.8 Å². The van der Waals surface area contributed by atoms with Crippen LogP contribution in [-0.2, 0) is 9.59 Å². The molecule has 28 heavy (non-hydrogen) atoms. The predicted molar refractivity (Wildman–Crippen MR) is 113 cm³/mol. The van der Waals surface area contributed by atoms with E-state index in [1.807, 2.05) is 68.7 Å². The van der Waals surface area contributed by atoms with Crippen molar-refractivity contribution in [3.05, 3.63) is 54.6 Å². The standard InChI is InChI=1S/C22H28N4O2/c1-25(2)13-6-14-26-16-17(15-21(26)27)22(28)24-20-11-9-19(10-12-20)23-18-7-4-3-5-8-18/h3-5,7-12,17,23H,6,13-16H2,1-2H3,(H,24,28). The summed E-state index contributed by atoms with van der Waals surface area (Å²) in [6, 6.07) is 17.5. The van der Waals surface area contributed by atoms with Gasteiger partial charge in [0.1, 0.15) is 0 Å². The number of carbonyl (C=O) groups is 2. The van der Waals surface area contributed by atoms with Crippen LogP contribution in [0.4, 0.5) is 17.1 Å². The largest absolute Gasteiger partial charge is 0.356 e. The Hall–Kier alpha value is -2.86. The SMILES string of the molecule is CN(C)CCCN1CC(C(=O)Nc2ccc(Nc3ccccc3)cc2)CC1=O. The number of anilines is 3. The molecular weight excluding hydrogens is 352 g/mol. The number of hydrogen-bond donors (Lipinski definition) is 2. The summed E-state index contributed by atoms with van der Waals surface area (Å²) in [5, 5.41) is 6.25. The monoisotopic (exact) mass is 380 g/mol. The molecule has 2 N–H and O–H groups in total. The average Bonchev–Trinajstić information content (AvgIpc) is 3.05. The number of nitrogens with zero attached hydrogens (tertiary/aromatic N) is 2. The molecule has 1 unspecified atom stereocenters. The van der Waals surface area contributed by atoms with E-state index in [0.29, 0.717) is 19.5 Å². The Balaban J connectivity index is 1.50. The highest BCUT2D eigenvalue weighted by molar-refractivity contribution is 5.97. The van der Waals surface area contributed by atoms with Crippen molar-refractivity contribution in [2.75, 3.05) is 44.4 Å². The van der Waals surface area contributed by atoms with Crippen LogP contribution in [-0.4, -0.2) is 55.3 Å². The molecule has 1 fully saturated rings. The molecule has 6 nitrogen and oxygen atoms in total. The van der Waals surface area contributed by atoms with E-state index in [9.17, 15) is 9.59 Å². The maximum Gasteiger partial charge on any atom is 0.229 e. The predicted octanol–water partition coefficient (Wildman–Crippen LogP) is 3.17. The molecule has 0 bridgehead atoms. The van der Waals surface area contributed by atoms with Gasteiger partial charge >= 0.3 is 0 Å². The Morgan fingerprint density at radius 3 is 2.36 bits per heavy atom. The highest BCUT2D eigenvalue weighted by Gasteiger charge is 2.33. The van der Waals surface area contributed by atoms with E-state index in [1.54, 1.807) is 4.90 Å². The van der Waals surface area contributed by atoms with Crippen LogP contribution in [0.15, 0.2) is 54.6 Å². The van der Waals surface area contributed by atoms with E-state index in [0.717, 1.165) is 30.0 Å². The van der Waals surface area contributed by atoms with Crippen LogP contribution in [0, 0.1) is 5.92 Å². The van der Waals surface area contributed by atoms with Crippen LogP contribution in [0.1, 0.15) is 12.8 Å². The average molecular weight is 380 g/mol. The molecule has 1 atom stereocenters. The first-order chi connectivity index (χ1) is 13.5. The van der Waals surface area contributed by atoms with Gasteiger partial charge < -0.3 is 20.4 Å². The summed E-state index contributed by atoms with van der Waals surface area (Å²) in [5.74, 6) is -0.303. The van der Waals surface area contributed by atoms with E-state index < -0.39 is 0 Å². The summed E-state index contributed by atoms with van der Waals surface area (Å²) >= 11 is 0. The first-order valence-electron chi connectivity index (χ1n) is 9.67. The molecule has 6 heteroatoms. The maximum absolute atomic E-state index is 12.5. The first kappa shape index (κ1) is 19.9. The van der Waals surface area contributed by atoms with Gasteiger partial charge in [-0.15, -0.1) is 0 Å². The van der Waals surface area contributed by atoms with Gasteiger partial charge in [-0.25, -0.2) is 0 Å². The van der Waals surface area contributed by atoms with Gasteiger partial charge in [-0.1, -0.05) is 18.2 Å². The minimum absolute atomic E-state index is 0.0707. The lowest BCUT2D eigenvalue weighted by Crippen LogP contribution is -2.30. The summed E-state index contributed by atoms with van der Waals surface area (Å²) in [4.78, 5) is 28.6. The molecule has 0 aromatic heterocycles. The second kappa shape index (κ2) is 9.37. The van der Waals surface area contributed by atoms with Crippen LogP contribution in [0.25, 0.3) is 0 Å². The Bertz CT molecular complexity index is 790. The lowest BCUT2D eigenvalue weighted by Gasteiger charge is -2.18. The molecule has 3 rings (SSSR count). The van der Waals surface area contributed by atoms with Crippen molar-refractivity contribution in [1.29, 1.82) is 0 Å². The van der Waals surface area contributed by atoms with E-state index in [4.69, 9.17) is 0 Å². The minimum Gasteiger partial charge on any atom is -0.356 e. The summed E-state index contributed by atoms with van der Waals surface area (Å²) < 4.78 is 0. The molecule has 0 aliphatic carbocycles. The van der Waals surface area contributed by atoms with Gasteiger partial charge in [0.05, 0.1) is 5.92 Å². The van der Waals surface area contributed by atoms with Gasteiger partial charge in [-0.05, 0) is 63.5 Å². The van der Waals surface area contributed by atoms with Gasteiger partial charge in [-0.3, -0.25) is 9.59 Å². The zero-order chi connectivity index (χ0) is 19.9. The number of hydrogen-bond acceptors (Lipinski definition) is 4. The number of benzene rings is 2. The first-order valence-corrected chi connectivity index (χ1v) is 9.67. The van der Waals surface area contributed by atoms with Crippen molar-refractivity contribution in [3.63, 3.8) is 0 Å². The normalized spacial score (nSPS) is 16.5. The Morgan fingerprint density at radius 1 is 1.04 bits per heavy atom. The van der Waals surface area contributed by atoms with Crippen LogP contribution in [0.3, 0.4) is 0 Å². The van der Waals surface area contributed by atoms with Crippen molar-refractivity contribution in [2.45, 2.75) is 12.8 Å². The number of nitrogens with one attached hydrogen (secondary N) is 2. The maximum atomic E-state index is 12.5. The Labute approximate surface area is 166 Å². The Kier molecular flexibility index (Phi) is 6.66. The molecule has 0 spiro atoms. The van der Waals surface area contributed by atoms with Crippen molar-refractivity contribution >= 4 is 28.9 Å². The minimum atomic E-state index is -0.283. The number of amides is 2. The van der Waals surface area contributed by atoms with Crippen LogP contribution in [0.2, 0.25) is 0 Å². The lowest BCUT2D eigenvalue weighted by atomic mass is 10.1. The highest BCUT2D eigenvalue weighted by Crippen LogP contribution is 2.22. The summed E-state index contributed by atoms with van der Waals surface area (Å²) in [6.07, 6.45) is 1.21. The molecule has 148 valence electrons. The molecule has 2 amide bonds. The third-order valence-corrected chi connectivity index (χ3v) is 4.83. The third-order valence-electron chi connectivity index (χ3n) is 4.83. The van der Waals surface area contributed by atoms with Crippen LogP contribution in [0.5, 0.6) is 0 Å². The fourth-order valence-electron chi connectivity index (χ4n) is 3.31. The van der Waals surface area contributed by atoms with Gasteiger partial charge in [-0.2, -0.15) is 0 Å². The lowest BCUT2D eigenvalue weighted by molar-refractivity contribution is -0.128.